The lowest BCUT2D eigenvalue weighted by atomic mass is 9.72. The van der Waals surface area contributed by atoms with E-state index in [9.17, 15) is 4.39 Å². The van der Waals surface area contributed by atoms with Gasteiger partial charge in [-0.2, -0.15) is 0 Å². The molecule has 3 heteroatoms. The minimum atomic E-state index is -0.567. The van der Waals surface area contributed by atoms with Gasteiger partial charge in [0.2, 0.25) is 0 Å². The van der Waals surface area contributed by atoms with Crippen molar-refractivity contribution in [2.45, 2.75) is 38.3 Å². The highest BCUT2D eigenvalue weighted by Crippen LogP contribution is 2.42. The topological polar surface area (TPSA) is 12.0 Å². The van der Waals surface area contributed by atoms with Crippen LogP contribution in [0.15, 0.2) is 0 Å². The molecule has 2 fully saturated rings. The first kappa shape index (κ1) is 10.3. The molecule has 0 amide bonds. The third kappa shape index (κ3) is 1.60. The minimum Gasteiger partial charge on any atom is -0.313 e. The second-order valence-electron chi connectivity index (χ2n) is 4.02. The molecule has 0 bridgehead atoms. The zero-order valence-electron chi connectivity index (χ0n) is 7.31. The van der Waals surface area contributed by atoms with E-state index in [2.05, 4.69) is 5.32 Å². The quantitative estimate of drug-likeness (QED) is 0.623. The molecule has 2 rings (SSSR count). The van der Waals surface area contributed by atoms with Crippen LogP contribution in [-0.4, -0.2) is 19.3 Å². The van der Waals surface area contributed by atoms with Gasteiger partial charge < -0.3 is 5.32 Å². The Bertz CT molecular complexity index is 145. The first-order chi connectivity index (χ1) is 5.33. The summed E-state index contributed by atoms with van der Waals surface area (Å²) in [4.78, 5) is 0. The van der Waals surface area contributed by atoms with E-state index in [4.69, 9.17) is 0 Å². The van der Waals surface area contributed by atoms with Crippen LogP contribution in [-0.2, 0) is 0 Å². The van der Waals surface area contributed by atoms with E-state index < -0.39 is 6.17 Å². The average molecular weight is 194 g/mol. The molecule has 2 aliphatic rings. The van der Waals surface area contributed by atoms with E-state index in [1.807, 2.05) is 0 Å². The van der Waals surface area contributed by atoms with E-state index >= 15 is 0 Å². The minimum absolute atomic E-state index is 0. The van der Waals surface area contributed by atoms with Gasteiger partial charge in [-0.25, -0.2) is 4.39 Å². The maximum absolute atomic E-state index is 13.4. The number of halogens is 2. The standard InChI is InChI=1S/C9H16FN.ClH/c10-8-6-11-7-9(8)4-2-1-3-5-9;/h8,11H,1-7H2;1H. The summed E-state index contributed by atoms with van der Waals surface area (Å²) < 4.78 is 13.4. The summed E-state index contributed by atoms with van der Waals surface area (Å²) in [6.45, 7) is 1.52. The van der Waals surface area contributed by atoms with Gasteiger partial charge in [-0.05, 0) is 12.8 Å². The zero-order valence-corrected chi connectivity index (χ0v) is 8.13. The van der Waals surface area contributed by atoms with Gasteiger partial charge in [0, 0.05) is 18.5 Å². The summed E-state index contributed by atoms with van der Waals surface area (Å²) in [5, 5.41) is 3.16. The number of alkyl halides is 1. The van der Waals surface area contributed by atoms with Crippen LogP contribution in [0.25, 0.3) is 0 Å². The van der Waals surface area contributed by atoms with Gasteiger partial charge in [-0.3, -0.25) is 0 Å². The molecule has 0 aromatic carbocycles. The Morgan fingerprint density at radius 3 is 2.33 bits per heavy atom. The smallest absolute Gasteiger partial charge is 0.119 e. The molecule has 1 saturated heterocycles. The molecule has 0 radical (unpaired) electrons. The fraction of sp³-hybridized carbons (Fsp3) is 1.00. The number of rotatable bonds is 0. The van der Waals surface area contributed by atoms with Crippen molar-refractivity contribution < 1.29 is 4.39 Å². The maximum atomic E-state index is 13.4. The largest absolute Gasteiger partial charge is 0.313 e. The van der Waals surface area contributed by atoms with E-state index in [0.717, 1.165) is 19.4 Å². The molecule has 1 heterocycles. The van der Waals surface area contributed by atoms with Gasteiger partial charge in [-0.1, -0.05) is 19.3 Å². The third-order valence-corrected chi connectivity index (χ3v) is 3.31. The molecule has 0 aromatic rings. The fourth-order valence-corrected chi connectivity index (χ4v) is 2.52. The Balaban J connectivity index is 0.000000720. The second-order valence-corrected chi connectivity index (χ2v) is 4.02. The van der Waals surface area contributed by atoms with Gasteiger partial charge >= 0.3 is 0 Å². The summed E-state index contributed by atoms with van der Waals surface area (Å²) in [5.74, 6) is 0. The summed E-state index contributed by atoms with van der Waals surface area (Å²) in [7, 11) is 0. The average Bonchev–Trinajstić information content (AvgIpc) is 2.36. The van der Waals surface area contributed by atoms with Crippen LogP contribution in [0, 0.1) is 5.41 Å². The van der Waals surface area contributed by atoms with Crippen molar-refractivity contribution in [3.63, 3.8) is 0 Å². The van der Waals surface area contributed by atoms with Gasteiger partial charge in [0.15, 0.2) is 0 Å². The lowest BCUT2D eigenvalue weighted by molar-refractivity contribution is 0.109. The van der Waals surface area contributed by atoms with Gasteiger partial charge in [0.05, 0.1) is 0 Å². The Labute approximate surface area is 79.5 Å². The van der Waals surface area contributed by atoms with Crippen LogP contribution in [0.5, 0.6) is 0 Å². The van der Waals surface area contributed by atoms with Crippen LogP contribution in [0.3, 0.4) is 0 Å². The SMILES string of the molecule is Cl.FC1CNCC12CCCCC2. The predicted octanol–water partition coefficient (Wildman–Crippen LogP) is 2.30. The zero-order chi connectivity index (χ0) is 7.73. The molecule has 72 valence electrons. The van der Waals surface area contributed by atoms with Crippen LogP contribution in [0.2, 0.25) is 0 Å². The Hall–Kier alpha value is 0.180. The van der Waals surface area contributed by atoms with Crippen LogP contribution in [0.4, 0.5) is 4.39 Å². The highest BCUT2D eigenvalue weighted by atomic mass is 35.5. The Morgan fingerprint density at radius 2 is 1.83 bits per heavy atom. The second kappa shape index (κ2) is 3.93. The highest BCUT2D eigenvalue weighted by Gasteiger charge is 2.43. The van der Waals surface area contributed by atoms with Crippen molar-refractivity contribution in [2.75, 3.05) is 13.1 Å². The van der Waals surface area contributed by atoms with E-state index in [0.29, 0.717) is 6.54 Å². The van der Waals surface area contributed by atoms with Crippen LogP contribution >= 0.6 is 12.4 Å². The Morgan fingerprint density at radius 1 is 1.17 bits per heavy atom. The third-order valence-electron chi connectivity index (χ3n) is 3.31. The molecular formula is C9H17ClFN. The molecule has 1 unspecified atom stereocenters. The molecule has 1 atom stereocenters. The van der Waals surface area contributed by atoms with Crippen molar-refractivity contribution >= 4 is 12.4 Å². The molecule has 1 N–H and O–H groups in total. The summed E-state index contributed by atoms with van der Waals surface area (Å²) in [6, 6.07) is 0. The van der Waals surface area contributed by atoms with Gasteiger partial charge in [0.1, 0.15) is 6.17 Å². The monoisotopic (exact) mass is 193 g/mol. The number of hydrogen-bond acceptors (Lipinski definition) is 1. The maximum Gasteiger partial charge on any atom is 0.119 e. The normalized spacial score (nSPS) is 33.2. The lowest BCUT2D eigenvalue weighted by Gasteiger charge is -2.34. The van der Waals surface area contributed by atoms with Gasteiger partial charge in [0.25, 0.3) is 0 Å². The molecule has 1 saturated carbocycles. The molecule has 1 spiro atoms. The van der Waals surface area contributed by atoms with Crippen LogP contribution < -0.4 is 5.32 Å². The van der Waals surface area contributed by atoms with Crippen LogP contribution in [0.1, 0.15) is 32.1 Å². The molecule has 1 aliphatic heterocycles. The molecular weight excluding hydrogens is 177 g/mol. The molecule has 1 nitrogen and oxygen atoms in total. The molecule has 12 heavy (non-hydrogen) atoms. The van der Waals surface area contributed by atoms with Crippen molar-refractivity contribution in [1.29, 1.82) is 0 Å². The van der Waals surface area contributed by atoms with Crippen molar-refractivity contribution in [1.82, 2.24) is 5.32 Å². The summed E-state index contributed by atoms with van der Waals surface area (Å²) >= 11 is 0. The molecule has 1 aliphatic carbocycles. The number of nitrogens with one attached hydrogen (secondary N) is 1. The van der Waals surface area contributed by atoms with E-state index in [1.165, 1.54) is 19.3 Å². The summed E-state index contributed by atoms with van der Waals surface area (Å²) in [6.07, 6.45) is 5.45. The van der Waals surface area contributed by atoms with Crippen molar-refractivity contribution in [3.8, 4) is 0 Å². The predicted molar refractivity (Wildman–Crippen MR) is 50.5 cm³/mol. The number of hydrogen-bond donors (Lipinski definition) is 1. The lowest BCUT2D eigenvalue weighted by Crippen LogP contribution is -2.33. The van der Waals surface area contributed by atoms with E-state index in [-0.39, 0.29) is 17.8 Å². The highest BCUT2D eigenvalue weighted by molar-refractivity contribution is 5.85. The van der Waals surface area contributed by atoms with Gasteiger partial charge in [-0.15, -0.1) is 12.4 Å². The first-order valence-electron chi connectivity index (χ1n) is 4.68. The van der Waals surface area contributed by atoms with Crippen molar-refractivity contribution in [2.24, 2.45) is 5.41 Å². The van der Waals surface area contributed by atoms with E-state index in [1.54, 1.807) is 0 Å². The Kier molecular flexibility index (Phi) is 3.36. The fourth-order valence-electron chi connectivity index (χ4n) is 2.52. The van der Waals surface area contributed by atoms with Crippen molar-refractivity contribution in [3.05, 3.63) is 0 Å². The molecule has 0 aromatic heterocycles. The summed E-state index contributed by atoms with van der Waals surface area (Å²) in [5.41, 5.74) is 0.0538. The first-order valence-corrected chi connectivity index (χ1v) is 4.68.